The van der Waals surface area contributed by atoms with Crippen LogP contribution in [0, 0.1) is 0 Å². The van der Waals surface area contributed by atoms with Crippen molar-refractivity contribution in [2.75, 3.05) is 6.67 Å². The Bertz CT molecular complexity index is 1100. The molecule has 0 bridgehead atoms. The fraction of sp³-hybridized carbons (Fsp3) is 0.235. The van der Waals surface area contributed by atoms with Crippen LogP contribution in [0.1, 0.15) is 6.42 Å². The number of pyridine rings is 1. The van der Waals surface area contributed by atoms with E-state index in [-0.39, 0.29) is 12.2 Å². The lowest BCUT2D eigenvalue weighted by molar-refractivity contribution is 0.452. The van der Waals surface area contributed by atoms with E-state index >= 15 is 0 Å². The van der Waals surface area contributed by atoms with Gasteiger partial charge in [0.1, 0.15) is 0 Å². The van der Waals surface area contributed by atoms with Crippen LogP contribution in [0.25, 0.3) is 32.7 Å². The number of halogens is 1. The minimum atomic E-state index is -0.364. The standard InChI is InChI=1S/C17H15FN4O/c1-21-17(23)11-5-6-13-15(12(11)10-20-21)16-14(4-2-8-19-16)22(13)9-3-7-18/h2,4-6,8,10H,3,7,9H2,1H3. The van der Waals surface area contributed by atoms with Crippen molar-refractivity contribution in [2.45, 2.75) is 13.0 Å². The van der Waals surface area contributed by atoms with Crippen LogP contribution in [0.15, 0.2) is 41.5 Å². The summed E-state index contributed by atoms with van der Waals surface area (Å²) in [6, 6.07) is 7.57. The molecule has 0 aliphatic carbocycles. The second kappa shape index (κ2) is 5.15. The lowest BCUT2D eigenvalue weighted by Gasteiger charge is -2.06. The highest BCUT2D eigenvalue weighted by molar-refractivity contribution is 6.18. The van der Waals surface area contributed by atoms with Crippen molar-refractivity contribution >= 4 is 32.7 Å². The minimum absolute atomic E-state index is 0.134. The van der Waals surface area contributed by atoms with E-state index in [1.54, 1.807) is 19.4 Å². The Labute approximate surface area is 131 Å². The molecule has 0 saturated heterocycles. The lowest BCUT2D eigenvalue weighted by Crippen LogP contribution is -2.18. The monoisotopic (exact) mass is 310 g/mol. The molecule has 0 spiro atoms. The van der Waals surface area contributed by atoms with Crippen LogP contribution < -0.4 is 5.56 Å². The van der Waals surface area contributed by atoms with Gasteiger partial charge in [0.15, 0.2) is 0 Å². The van der Waals surface area contributed by atoms with Crippen molar-refractivity contribution in [3.63, 3.8) is 0 Å². The molecular weight excluding hydrogens is 295 g/mol. The maximum absolute atomic E-state index is 12.7. The largest absolute Gasteiger partial charge is 0.339 e. The summed E-state index contributed by atoms with van der Waals surface area (Å²) < 4.78 is 16.0. The number of hydrogen-bond acceptors (Lipinski definition) is 3. The highest BCUT2D eigenvalue weighted by Crippen LogP contribution is 2.32. The second-order valence-corrected chi connectivity index (χ2v) is 5.56. The first-order valence-electron chi connectivity index (χ1n) is 7.50. The smallest absolute Gasteiger partial charge is 0.274 e. The zero-order chi connectivity index (χ0) is 16.0. The van der Waals surface area contributed by atoms with Crippen molar-refractivity contribution in [1.29, 1.82) is 0 Å². The van der Waals surface area contributed by atoms with Gasteiger partial charge in [0.05, 0.1) is 34.8 Å². The molecule has 4 rings (SSSR count). The van der Waals surface area contributed by atoms with Crippen molar-refractivity contribution in [2.24, 2.45) is 7.05 Å². The summed E-state index contributed by atoms with van der Waals surface area (Å²) in [7, 11) is 1.63. The van der Waals surface area contributed by atoms with E-state index < -0.39 is 0 Å². The molecule has 0 saturated carbocycles. The fourth-order valence-electron chi connectivity index (χ4n) is 3.17. The summed E-state index contributed by atoms with van der Waals surface area (Å²) in [6.07, 6.45) is 3.88. The molecule has 4 aromatic rings. The van der Waals surface area contributed by atoms with Crippen molar-refractivity contribution in [3.8, 4) is 0 Å². The Morgan fingerprint density at radius 2 is 2.04 bits per heavy atom. The van der Waals surface area contributed by atoms with E-state index in [9.17, 15) is 9.18 Å². The SMILES string of the molecule is Cn1ncc2c(ccc3c2c2ncccc2n3CCCF)c1=O. The van der Waals surface area contributed by atoms with Crippen LogP contribution >= 0.6 is 0 Å². The van der Waals surface area contributed by atoms with Crippen molar-refractivity contribution in [3.05, 3.63) is 47.0 Å². The maximum Gasteiger partial charge on any atom is 0.274 e. The molecule has 0 amide bonds. The van der Waals surface area contributed by atoms with E-state index in [0.29, 0.717) is 18.4 Å². The summed E-state index contributed by atoms with van der Waals surface area (Å²) in [5, 5.41) is 6.45. The fourth-order valence-corrected chi connectivity index (χ4v) is 3.17. The first-order valence-corrected chi connectivity index (χ1v) is 7.50. The average molecular weight is 310 g/mol. The number of rotatable bonds is 3. The Hall–Kier alpha value is -2.76. The van der Waals surface area contributed by atoms with Gasteiger partial charge in [0.25, 0.3) is 5.56 Å². The summed E-state index contributed by atoms with van der Waals surface area (Å²) in [5.74, 6) is 0. The number of benzene rings is 1. The third kappa shape index (κ3) is 1.94. The van der Waals surface area contributed by atoms with Crippen LogP contribution in [-0.4, -0.2) is 26.0 Å². The van der Waals surface area contributed by atoms with Gasteiger partial charge in [-0.25, -0.2) is 4.68 Å². The normalized spacial score (nSPS) is 11.7. The molecule has 6 heteroatoms. The molecular formula is C17H15FN4O. The maximum atomic E-state index is 12.7. The highest BCUT2D eigenvalue weighted by Gasteiger charge is 2.15. The Morgan fingerprint density at radius 3 is 2.87 bits per heavy atom. The van der Waals surface area contributed by atoms with E-state index in [2.05, 4.69) is 14.6 Å². The number of hydrogen-bond donors (Lipinski definition) is 0. The summed E-state index contributed by atoms with van der Waals surface area (Å²) in [4.78, 5) is 16.8. The van der Waals surface area contributed by atoms with E-state index in [1.807, 2.05) is 24.3 Å². The van der Waals surface area contributed by atoms with Crippen LogP contribution in [0.5, 0.6) is 0 Å². The molecule has 0 unspecified atom stereocenters. The van der Waals surface area contributed by atoms with Gasteiger partial charge >= 0.3 is 0 Å². The lowest BCUT2D eigenvalue weighted by atomic mass is 10.1. The molecule has 3 heterocycles. The molecule has 0 N–H and O–H groups in total. The van der Waals surface area contributed by atoms with E-state index in [1.165, 1.54) is 4.68 Å². The van der Waals surface area contributed by atoms with E-state index in [0.717, 1.165) is 27.3 Å². The summed E-state index contributed by atoms with van der Waals surface area (Å²) in [5.41, 5.74) is 2.59. The molecule has 0 aliphatic heterocycles. The third-order valence-corrected chi connectivity index (χ3v) is 4.23. The molecule has 23 heavy (non-hydrogen) atoms. The number of alkyl halides is 1. The molecule has 0 aliphatic rings. The molecule has 116 valence electrons. The van der Waals surface area contributed by atoms with Crippen LogP contribution in [0.3, 0.4) is 0 Å². The molecule has 0 radical (unpaired) electrons. The van der Waals surface area contributed by atoms with Gasteiger partial charge in [0.2, 0.25) is 0 Å². The first kappa shape index (κ1) is 13.9. The van der Waals surface area contributed by atoms with Crippen molar-refractivity contribution < 1.29 is 4.39 Å². The van der Waals surface area contributed by atoms with Crippen LogP contribution in [-0.2, 0) is 13.6 Å². The van der Waals surface area contributed by atoms with Gasteiger partial charge in [-0.3, -0.25) is 14.2 Å². The Morgan fingerprint density at radius 1 is 1.17 bits per heavy atom. The van der Waals surface area contributed by atoms with Crippen LogP contribution in [0.2, 0.25) is 0 Å². The topological polar surface area (TPSA) is 52.7 Å². The second-order valence-electron chi connectivity index (χ2n) is 5.56. The summed E-state index contributed by atoms with van der Waals surface area (Å²) in [6.45, 7) is 0.211. The van der Waals surface area contributed by atoms with Gasteiger partial charge < -0.3 is 4.57 Å². The highest BCUT2D eigenvalue weighted by atomic mass is 19.1. The molecule has 0 fully saturated rings. The number of aromatic nitrogens is 4. The molecule has 3 aromatic heterocycles. The van der Waals surface area contributed by atoms with Gasteiger partial charge in [-0.1, -0.05) is 0 Å². The van der Waals surface area contributed by atoms with Gasteiger partial charge in [-0.2, -0.15) is 5.10 Å². The van der Waals surface area contributed by atoms with Crippen molar-refractivity contribution in [1.82, 2.24) is 19.3 Å². The van der Waals surface area contributed by atoms with Gasteiger partial charge in [-0.15, -0.1) is 0 Å². The zero-order valence-electron chi connectivity index (χ0n) is 12.7. The van der Waals surface area contributed by atoms with Gasteiger partial charge in [-0.05, 0) is 30.7 Å². The Kier molecular flexibility index (Phi) is 3.11. The average Bonchev–Trinajstić information content (AvgIpc) is 2.90. The quantitative estimate of drug-likeness (QED) is 0.585. The zero-order valence-corrected chi connectivity index (χ0v) is 12.7. The third-order valence-electron chi connectivity index (χ3n) is 4.23. The number of aryl methyl sites for hydroxylation is 2. The summed E-state index contributed by atoms with van der Waals surface area (Å²) >= 11 is 0. The minimum Gasteiger partial charge on any atom is -0.339 e. The Balaban J connectivity index is 2.21. The first-order chi connectivity index (χ1) is 11.2. The van der Waals surface area contributed by atoms with E-state index in [4.69, 9.17) is 0 Å². The van der Waals surface area contributed by atoms with Crippen LogP contribution in [0.4, 0.5) is 4.39 Å². The number of fused-ring (bicyclic) bond motifs is 5. The predicted molar refractivity (Wildman–Crippen MR) is 88.4 cm³/mol. The predicted octanol–water partition coefficient (Wildman–Crippen LogP) is 2.80. The molecule has 1 aromatic carbocycles. The number of nitrogens with zero attached hydrogens (tertiary/aromatic N) is 4. The molecule has 0 atom stereocenters. The molecule has 5 nitrogen and oxygen atoms in total. The van der Waals surface area contributed by atoms with Gasteiger partial charge in [0, 0.05) is 30.6 Å².